The summed E-state index contributed by atoms with van der Waals surface area (Å²) in [7, 11) is 0. The van der Waals surface area contributed by atoms with Gasteiger partial charge in [-0.1, -0.05) is 29.4 Å². The van der Waals surface area contributed by atoms with E-state index in [1.54, 1.807) is 0 Å². The number of allylic oxidation sites excluding steroid dienone is 5. The van der Waals surface area contributed by atoms with Crippen LogP contribution in [0.2, 0.25) is 0 Å². The van der Waals surface area contributed by atoms with Crippen LogP contribution in [-0.4, -0.2) is 18.2 Å². The van der Waals surface area contributed by atoms with Gasteiger partial charge in [0.25, 0.3) is 6.29 Å². The molecule has 0 bridgehead atoms. The van der Waals surface area contributed by atoms with Crippen molar-refractivity contribution in [2.45, 2.75) is 59.2 Å². The Morgan fingerprint density at radius 3 is 2.79 bits per heavy atom. The molecule has 0 aromatic heterocycles. The molecule has 3 aliphatic rings. The number of ether oxygens (including phenoxy) is 2. The largest absolute Gasteiger partial charge is 0.424 e. The van der Waals surface area contributed by atoms with Gasteiger partial charge in [0.05, 0.1) is 11.8 Å². The normalized spacial score (nSPS) is 36.6. The first-order chi connectivity index (χ1) is 11.5. The third kappa shape index (κ3) is 3.33. The maximum Gasteiger partial charge on any atom is 0.337 e. The Hall–Kier alpha value is -1.84. The predicted molar refractivity (Wildman–Crippen MR) is 90.8 cm³/mol. The molecule has 4 nitrogen and oxygen atoms in total. The third-order valence-corrected chi connectivity index (χ3v) is 5.33. The van der Waals surface area contributed by atoms with E-state index in [0.717, 1.165) is 32.1 Å². The van der Waals surface area contributed by atoms with Gasteiger partial charge in [-0.05, 0) is 58.8 Å². The summed E-state index contributed by atoms with van der Waals surface area (Å²) in [5.41, 5.74) is 3.28. The summed E-state index contributed by atoms with van der Waals surface area (Å²) < 4.78 is 10.8. The number of hydrogen-bond donors (Lipinski definition) is 0. The molecular formula is C20H26O4. The van der Waals surface area contributed by atoms with Crippen LogP contribution in [0.15, 0.2) is 34.9 Å². The fourth-order valence-corrected chi connectivity index (χ4v) is 4.05. The zero-order chi connectivity index (χ0) is 17.3. The van der Waals surface area contributed by atoms with E-state index in [1.165, 1.54) is 11.1 Å². The lowest BCUT2D eigenvalue weighted by Gasteiger charge is -2.37. The Kier molecular flexibility index (Phi) is 4.93. The van der Waals surface area contributed by atoms with Crippen LogP contribution in [0.1, 0.15) is 52.9 Å². The molecule has 0 unspecified atom stereocenters. The zero-order valence-electron chi connectivity index (χ0n) is 14.7. The molecule has 1 aliphatic carbocycles. The van der Waals surface area contributed by atoms with Crippen LogP contribution in [0.3, 0.4) is 0 Å². The second kappa shape index (κ2) is 6.96. The van der Waals surface area contributed by atoms with E-state index < -0.39 is 6.29 Å². The van der Waals surface area contributed by atoms with Crippen molar-refractivity contribution >= 4 is 11.9 Å². The van der Waals surface area contributed by atoms with Gasteiger partial charge < -0.3 is 9.47 Å². The van der Waals surface area contributed by atoms with Gasteiger partial charge in [-0.25, -0.2) is 4.79 Å². The van der Waals surface area contributed by atoms with Crippen LogP contribution in [0.5, 0.6) is 0 Å². The number of hydrogen-bond acceptors (Lipinski definition) is 4. The summed E-state index contributed by atoms with van der Waals surface area (Å²) >= 11 is 0. The molecule has 0 aromatic carbocycles. The van der Waals surface area contributed by atoms with Crippen LogP contribution in [0.25, 0.3) is 0 Å². The minimum Gasteiger partial charge on any atom is -0.424 e. The molecule has 0 N–H and O–H groups in total. The lowest BCUT2D eigenvalue weighted by molar-refractivity contribution is -0.203. The van der Waals surface area contributed by atoms with E-state index in [2.05, 4.69) is 32.9 Å². The SMILES string of the molecule is CC(C)=CCC[C@@H]1C(=O)O[C@H]2OC(=O)/C3=C/C/C=C(\C)CC[C@H]1[C@H]32. The number of carbonyl (C=O) groups is 2. The monoisotopic (exact) mass is 330 g/mol. The van der Waals surface area contributed by atoms with Crippen LogP contribution in [0.4, 0.5) is 0 Å². The molecule has 130 valence electrons. The maximum absolute atomic E-state index is 12.5. The Morgan fingerprint density at radius 2 is 2.04 bits per heavy atom. The van der Waals surface area contributed by atoms with Crippen molar-refractivity contribution in [2.24, 2.45) is 17.8 Å². The topological polar surface area (TPSA) is 52.6 Å². The van der Waals surface area contributed by atoms with Crippen molar-refractivity contribution in [3.63, 3.8) is 0 Å². The number of rotatable bonds is 3. The first-order valence-corrected chi connectivity index (χ1v) is 8.88. The fraction of sp³-hybridized carbons (Fsp3) is 0.600. The number of esters is 2. The molecule has 2 heterocycles. The highest BCUT2D eigenvalue weighted by Crippen LogP contribution is 2.46. The van der Waals surface area contributed by atoms with Gasteiger partial charge in [-0.15, -0.1) is 0 Å². The molecule has 0 saturated carbocycles. The zero-order valence-corrected chi connectivity index (χ0v) is 14.7. The summed E-state index contributed by atoms with van der Waals surface area (Å²) in [6.07, 6.45) is 9.77. The van der Waals surface area contributed by atoms with Crippen LogP contribution in [0, 0.1) is 17.8 Å². The fourth-order valence-electron chi connectivity index (χ4n) is 4.05. The summed E-state index contributed by atoms with van der Waals surface area (Å²) in [5.74, 6) is -0.683. The van der Waals surface area contributed by atoms with Gasteiger partial charge in [0.15, 0.2) is 0 Å². The summed E-state index contributed by atoms with van der Waals surface area (Å²) in [4.78, 5) is 24.7. The van der Waals surface area contributed by atoms with E-state index >= 15 is 0 Å². The Labute approximate surface area is 143 Å². The predicted octanol–water partition coefficient (Wildman–Crippen LogP) is 4.08. The molecule has 24 heavy (non-hydrogen) atoms. The van der Waals surface area contributed by atoms with Gasteiger partial charge in [0.2, 0.25) is 0 Å². The van der Waals surface area contributed by atoms with Crippen molar-refractivity contribution in [3.05, 3.63) is 34.9 Å². The van der Waals surface area contributed by atoms with Crippen molar-refractivity contribution in [1.29, 1.82) is 0 Å². The van der Waals surface area contributed by atoms with E-state index in [-0.39, 0.29) is 29.7 Å². The summed E-state index contributed by atoms with van der Waals surface area (Å²) in [5, 5.41) is 0. The van der Waals surface area contributed by atoms with Crippen LogP contribution >= 0.6 is 0 Å². The average molecular weight is 330 g/mol. The number of carbonyl (C=O) groups excluding carboxylic acids is 2. The molecule has 0 aromatic rings. The Bertz CT molecular complexity index is 622. The minimum atomic E-state index is -0.723. The molecule has 0 radical (unpaired) electrons. The second-order valence-corrected chi connectivity index (χ2v) is 7.35. The minimum absolute atomic E-state index is 0.105. The molecule has 2 saturated heterocycles. The van der Waals surface area contributed by atoms with Crippen molar-refractivity contribution < 1.29 is 19.1 Å². The lowest BCUT2D eigenvalue weighted by atomic mass is 9.72. The van der Waals surface area contributed by atoms with Crippen molar-refractivity contribution in [3.8, 4) is 0 Å². The highest BCUT2D eigenvalue weighted by molar-refractivity contribution is 5.92. The highest BCUT2D eigenvalue weighted by atomic mass is 16.7. The summed E-state index contributed by atoms with van der Waals surface area (Å²) in [6, 6.07) is 0. The standard InChI is InChI=1S/C20H26O4/c1-12(2)6-4-8-15-14-11-10-13(3)7-5-9-16-17(14)20(23-18(15)21)24-19(16)22/h6-7,9,14-15,17,20H,4-5,8,10-11H2,1-3H3/b13-7+,16-9+/t14-,15+,17-,20+/m1/s1. The van der Waals surface area contributed by atoms with Gasteiger partial charge in [0.1, 0.15) is 0 Å². The third-order valence-electron chi connectivity index (χ3n) is 5.33. The smallest absolute Gasteiger partial charge is 0.337 e. The van der Waals surface area contributed by atoms with Gasteiger partial charge >= 0.3 is 11.9 Å². The van der Waals surface area contributed by atoms with Gasteiger partial charge in [-0.2, -0.15) is 0 Å². The first kappa shape index (κ1) is 17.0. The highest BCUT2D eigenvalue weighted by Gasteiger charge is 2.53. The average Bonchev–Trinajstić information content (AvgIpc) is 2.84. The molecule has 4 atom stereocenters. The molecule has 2 aliphatic heterocycles. The van der Waals surface area contributed by atoms with E-state index in [4.69, 9.17) is 9.47 Å². The molecule has 0 spiro atoms. The molecular weight excluding hydrogens is 304 g/mol. The Balaban J connectivity index is 1.89. The van der Waals surface area contributed by atoms with Gasteiger partial charge in [-0.3, -0.25) is 4.79 Å². The molecule has 0 amide bonds. The second-order valence-electron chi connectivity index (χ2n) is 7.35. The van der Waals surface area contributed by atoms with Crippen molar-refractivity contribution in [2.75, 3.05) is 0 Å². The first-order valence-electron chi connectivity index (χ1n) is 8.88. The van der Waals surface area contributed by atoms with Crippen molar-refractivity contribution in [1.82, 2.24) is 0 Å². The van der Waals surface area contributed by atoms with Crippen LogP contribution < -0.4 is 0 Å². The van der Waals surface area contributed by atoms with Gasteiger partial charge in [0, 0.05) is 5.57 Å². The Morgan fingerprint density at radius 1 is 1.25 bits per heavy atom. The molecule has 4 heteroatoms. The molecule has 3 rings (SSSR count). The van der Waals surface area contributed by atoms with Crippen LogP contribution in [-0.2, 0) is 19.1 Å². The summed E-state index contributed by atoms with van der Waals surface area (Å²) in [6.45, 7) is 6.25. The maximum atomic E-state index is 12.5. The quantitative estimate of drug-likeness (QED) is 0.578. The van der Waals surface area contributed by atoms with E-state index in [0.29, 0.717) is 5.57 Å². The van der Waals surface area contributed by atoms with E-state index in [9.17, 15) is 9.59 Å². The lowest BCUT2D eigenvalue weighted by Crippen LogP contribution is -2.44. The van der Waals surface area contributed by atoms with E-state index in [1.807, 2.05) is 6.08 Å². The molecule has 2 fully saturated rings.